The molecule has 0 amide bonds. The maximum atomic E-state index is 5.38. The zero-order valence-electron chi connectivity index (χ0n) is 8.88. The van der Waals surface area contributed by atoms with Crippen molar-refractivity contribution in [2.24, 2.45) is 5.84 Å². The SMILES string of the molecule is C=CC(Cc1ccc(C)c(C)c1)NN. The fourth-order valence-electron chi connectivity index (χ4n) is 1.39. The average molecular weight is 190 g/mol. The minimum atomic E-state index is 0.150. The molecule has 0 aliphatic carbocycles. The Morgan fingerprint density at radius 3 is 2.64 bits per heavy atom. The summed E-state index contributed by atoms with van der Waals surface area (Å²) in [6, 6.07) is 6.62. The Labute approximate surface area is 85.8 Å². The van der Waals surface area contributed by atoms with Gasteiger partial charge in [0.15, 0.2) is 0 Å². The molecule has 0 bridgehead atoms. The summed E-state index contributed by atoms with van der Waals surface area (Å²) < 4.78 is 0. The standard InChI is InChI=1S/C12H18N2/c1-4-12(14-13)8-11-6-5-9(2)10(3)7-11/h4-7,12,14H,1,8,13H2,2-3H3. The molecule has 14 heavy (non-hydrogen) atoms. The number of hydrogen-bond donors (Lipinski definition) is 2. The van der Waals surface area contributed by atoms with Crippen molar-refractivity contribution in [2.75, 3.05) is 0 Å². The molecule has 2 nitrogen and oxygen atoms in total. The van der Waals surface area contributed by atoms with Crippen LogP contribution in [0, 0.1) is 13.8 Å². The fraction of sp³-hybridized carbons (Fsp3) is 0.333. The second-order valence-electron chi connectivity index (χ2n) is 3.63. The molecule has 1 atom stereocenters. The van der Waals surface area contributed by atoms with Crippen molar-refractivity contribution in [2.45, 2.75) is 26.3 Å². The predicted molar refractivity (Wildman–Crippen MR) is 60.9 cm³/mol. The zero-order valence-corrected chi connectivity index (χ0v) is 8.88. The van der Waals surface area contributed by atoms with Crippen LogP contribution < -0.4 is 11.3 Å². The third kappa shape index (κ3) is 2.69. The summed E-state index contributed by atoms with van der Waals surface area (Å²) in [5.74, 6) is 5.38. The Morgan fingerprint density at radius 1 is 1.43 bits per heavy atom. The van der Waals surface area contributed by atoms with E-state index in [4.69, 9.17) is 5.84 Å². The van der Waals surface area contributed by atoms with Gasteiger partial charge in [-0.3, -0.25) is 11.3 Å². The Hall–Kier alpha value is -1.12. The van der Waals surface area contributed by atoms with Gasteiger partial charge >= 0.3 is 0 Å². The number of nitrogens with one attached hydrogen (secondary N) is 1. The van der Waals surface area contributed by atoms with Crippen LogP contribution in [0.15, 0.2) is 30.9 Å². The zero-order chi connectivity index (χ0) is 10.6. The van der Waals surface area contributed by atoms with E-state index in [0.29, 0.717) is 0 Å². The van der Waals surface area contributed by atoms with Crippen molar-refractivity contribution in [3.63, 3.8) is 0 Å². The van der Waals surface area contributed by atoms with Crippen LogP contribution in [0.3, 0.4) is 0 Å². The van der Waals surface area contributed by atoms with Gasteiger partial charge in [0.25, 0.3) is 0 Å². The van der Waals surface area contributed by atoms with Gasteiger partial charge in [-0.25, -0.2) is 0 Å². The van der Waals surface area contributed by atoms with E-state index in [-0.39, 0.29) is 6.04 Å². The van der Waals surface area contributed by atoms with Crippen LogP contribution in [-0.4, -0.2) is 6.04 Å². The molecule has 0 spiro atoms. The van der Waals surface area contributed by atoms with Crippen LogP contribution in [-0.2, 0) is 6.42 Å². The number of hydrazine groups is 1. The van der Waals surface area contributed by atoms with Crippen LogP contribution in [0.1, 0.15) is 16.7 Å². The molecular formula is C12H18N2. The minimum absolute atomic E-state index is 0.150. The normalized spacial score (nSPS) is 12.5. The van der Waals surface area contributed by atoms with E-state index in [2.05, 4.69) is 44.1 Å². The van der Waals surface area contributed by atoms with Gasteiger partial charge in [-0.1, -0.05) is 24.3 Å². The molecule has 0 radical (unpaired) electrons. The molecule has 1 unspecified atom stereocenters. The van der Waals surface area contributed by atoms with Gasteiger partial charge in [0, 0.05) is 6.04 Å². The first-order chi connectivity index (χ1) is 6.67. The van der Waals surface area contributed by atoms with Gasteiger partial charge in [-0.05, 0) is 37.0 Å². The topological polar surface area (TPSA) is 38.0 Å². The Bertz CT molecular complexity index is 318. The highest BCUT2D eigenvalue weighted by atomic mass is 15.2. The van der Waals surface area contributed by atoms with E-state index in [1.54, 1.807) is 0 Å². The van der Waals surface area contributed by atoms with Crippen LogP contribution in [0.25, 0.3) is 0 Å². The maximum absolute atomic E-state index is 5.38. The van der Waals surface area contributed by atoms with Crippen molar-refractivity contribution >= 4 is 0 Å². The molecule has 0 aliphatic rings. The summed E-state index contributed by atoms with van der Waals surface area (Å²) >= 11 is 0. The molecule has 3 N–H and O–H groups in total. The molecule has 0 heterocycles. The minimum Gasteiger partial charge on any atom is -0.271 e. The summed E-state index contributed by atoms with van der Waals surface area (Å²) in [5, 5.41) is 0. The molecule has 0 aliphatic heterocycles. The van der Waals surface area contributed by atoms with E-state index in [9.17, 15) is 0 Å². The number of benzene rings is 1. The van der Waals surface area contributed by atoms with Crippen molar-refractivity contribution < 1.29 is 0 Å². The van der Waals surface area contributed by atoms with Gasteiger partial charge in [0.1, 0.15) is 0 Å². The third-order valence-corrected chi connectivity index (χ3v) is 2.53. The van der Waals surface area contributed by atoms with Gasteiger partial charge in [0.05, 0.1) is 0 Å². The van der Waals surface area contributed by atoms with Gasteiger partial charge in [0.2, 0.25) is 0 Å². The molecular weight excluding hydrogens is 172 g/mol. The van der Waals surface area contributed by atoms with Crippen LogP contribution in [0.2, 0.25) is 0 Å². The third-order valence-electron chi connectivity index (χ3n) is 2.53. The summed E-state index contributed by atoms with van der Waals surface area (Å²) in [7, 11) is 0. The lowest BCUT2D eigenvalue weighted by Crippen LogP contribution is -2.34. The van der Waals surface area contributed by atoms with E-state index in [1.165, 1.54) is 16.7 Å². The van der Waals surface area contributed by atoms with Crippen LogP contribution in [0.5, 0.6) is 0 Å². The second kappa shape index (κ2) is 4.94. The van der Waals surface area contributed by atoms with Gasteiger partial charge in [-0.15, -0.1) is 6.58 Å². The van der Waals surface area contributed by atoms with E-state index >= 15 is 0 Å². The van der Waals surface area contributed by atoms with Crippen LogP contribution in [0.4, 0.5) is 0 Å². The first kappa shape index (κ1) is 11.0. The summed E-state index contributed by atoms with van der Waals surface area (Å²) in [6.07, 6.45) is 2.72. The molecule has 1 rings (SSSR count). The van der Waals surface area contributed by atoms with Gasteiger partial charge in [-0.2, -0.15) is 0 Å². The highest BCUT2D eigenvalue weighted by molar-refractivity contribution is 5.30. The molecule has 76 valence electrons. The molecule has 0 fully saturated rings. The monoisotopic (exact) mass is 190 g/mol. The summed E-state index contributed by atoms with van der Waals surface area (Å²) in [5.41, 5.74) is 6.65. The van der Waals surface area contributed by atoms with Crippen molar-refractivity contribution in [3.8, 4) is 0 Å². The van der Waals surface area contributed by atoms with Crippen LogP contribution >= 0.6 is 0 Å². The number of rotatable bonds is 4. The second-order valence-corrected chi connectivity index (χ2v) is 3.63. The van der Waals surface area contributed by atoms with E-state index < -0.39 is 0 Å². The quantitative estimate of drug-likeness (QED) is 0.432. The number of hydrogen-bond acceptors (Lipinski definition) is 2. The molecule has 2 heteroatoms. The van der Waals surface area contributed by atoms with Crippen molar-refractivity contribution in [1.82, 2.24) is 5.43 Å². The first-order valence-corrected chi connectivity index (χ1v) is 4.82. The first-order valence-electron chi connectivity index (χ1n) is 4.82. The smallest absolute Gasteiger partial charge is 0.0428 e. The highest BCUT2D eigenvalue weighted by Gasteiger charge is 2.03. The lowest BCUT2D eigenvalue weighted by Gasteiger charge is -2.11. The predicted octanol–water partition coefficient (Wildman–Crippen LogP) is 1.86. The molecule has 1 aromatic rings. The highest BCUT2D eigenvalue weighted by Crippen LogP contribution is 2.11. The van der Waals surface area contributed by atoms with E-state index in [1.807, 2.05) is 6.08 Å². The lowest BCUT2D eigenvalue weighted by molar-refractivity contribution is 0.618. The molecule has 1 aromatic carbocycles. The van der Waals surface area contributed by atoms with Gasteiger partial charge < -0.3 is 0 Å². The maximum Gasteiger partial charge on any atom is 0.0428 e. The Morgan fingerprint density at radius 2 is 2.14 bits per heavy atom. The van der Waals surface area contributed by atoms with Crippen molar-refractivity contribution in [1.29, 1.82) is 0 Å². The summed E-state index contributed by atoms with van der Waals surface area (Å²) in [4.78, 5) is 0. The fourth-order valence-corrected chi connectivity index (χ4v) is 1.39. The molecule has 0 saturated heterocycles. The van der Waals surface area contributed by atoms with Crippen molar-refractivity contribution in [3.05, 3.63) is 47.5 Å². The van der Waals surface area contributed by atoms with E-state index in [0.717, 1.165) is 6.42 Å². The number of nitrogens with two attached hydrogens (primary N) is 1. The Kier molecular flexibility index (Phi) is 3.86. The lowest BCUT2D eigenvalue weighted by atomic mass is 10.0. The number of aryl methyl sites for hydroxylation is 2. The summed E-state index contributed by atoms with van der Waals surface area (Å²) in [6.45, 7) is 7.96. The Balaban J connectivity index is 2.76. The molecule has 0 saturated carbocycles. The average Bonchev–Trinajstić information content (AvgIpc) is 2.19. The largest absolute Gasteiger partial charge is 0.271 e. The molecule has 0 aromatic heterocycles.